The van der Waals surface area contributed by atoms with Gasteiger partial charge in [0.2, 0.25) is 0 Å². The molecule has 1 saturated carbocycles. The molecule has 0 atom stereocenters. The number of ether oxygens (including phenoxy) is 1. The van der Waals surface area contributed by atoms with Gasteiger partial charge in [-0.3, -0.25) is 10.2 Å². The highest BCUT2D eigenvalue weighted by molar-refractivity contribution is 9.11. The quantitative estimate of drug-likeness (QED) is 0.553. The van der Waals surface area contributed by atoms with Crippen molar-refractivity contribution in [1.29, 1.82) is 0 Å². The number of carbonyl (C=O) groups is 1. The zero-order valence-corrected chi connectivity index (χ0v) is 18.7. The van der Waals surface area contributed by atoms with Gasteiger partial charge in [-0.25, -0.2) is 4.79 Å². The van der Waals surface area contributed by atoms with Crippen molar-refractivity contribution in [3.8, 4) is 0 Å². The Morgan fingerprint density at radius 2 is 1.88 bits per heavy atom. The minimum absolute atomic E-state index is 0.433. The number of rotatable bonds is 4. The summed E-state index contributed by atoms with van der Waals surface area (Å²) >= 11 is 7.13. The van der Waals surface area contributed by atoms with E-state index in [-0.39, 0.29) is 0 Å². The van der Waals surface area contributed by atoms with E-state index >= 15 is 0 Å². The van der Waals surface area contributed by atoms with Gasteiger partial charge in [-0.2, -0.15) is 0 Å². The molecule has 25 heavy (non-hydrogen) atoms. The van der Waals surface area contributed by atoms with E-state index in [9.17, 15) is 4.79 Å². The Kier molecular flexibility index (Phi) is 7.35. The number of nitrogens with zero attached hydrogens (tertiary/aromatic N) is 1. The van der Waals surface area contributed by atoms with Gasteiger partial charge in [-0.1, -0.05) is 35.2 Å². The van der Waals surface area contributed by atoms with Gasteiger partial charge in [0.1, 0.15) is 5.60 Å². The van der Waals surface area contributed by atoms with Crippen LogP contribution in [0.4, 0.5) is 10.5 Å². The Morgan fingerprint density at radius 1 is 1.24 bits per heavy atom. The number of amides is 1. The van der Waals surface area contributed by atoms with Crippen LogP contribution in [0.15, 0.2) is 21.1 Å². The lowest BCUT2D eigenvalue weighted by Gasteiger charge is -2.32. The van der Waals surface area contributed by atoms with Gasteiger partial charge in [-0.15, -0.1) is 0 Å². The van der Waals surface area contributed by atoms with Gasteiger partial charge >= 0.3 is 6.09 Å². The molecule has 4 nitrogen and oxygen atoms in total. The molecule has 0 aliphatic heterocycles. The van der Waals surface area contributed by atoms with Gasteiger partial charge in [-0.05, 0) is 74.3 Å². The van der Waals surface area contributed by atoms with Gasteiger partial charge in [0.15, 0.2) is 0 Å². The molecular formula is C19H28Br2N2O2. The van der Waals surface area contributed by atoms with Gasteiger partial charge in [0.05, 0.1) is 5.69 Å². The molecule has 0 spiro atoms. The van der Waals surface area contributed by atoms with Crippen molar-refractivity contribution in [2.75, 3.05) is 12.4 Å². The molecular weight excluding hydrogens is 448 g/mol. The Morgan fingerprint density at radius 3 is 2.48 bits per heavy atom. The first kappa shape index (κ1) is 20.7. The zero-order chi connectivity index (χ0) is 18.6. The second-order valence-electron chi connectivity index (χ2n) is 7.76. The first-order valence-electron chi connectivity index (χ1n) is 8.84. The smallest absolute Gasteiger partial charge is 0.412 e. The molecule has 1 aromatic carbocycles. The molecule has 6 heteroatoms. The van der Waals surface area contributed by atoms with Crippen LogP contribution in [0.1, 0.15) is 58.4 Å². The van der Waals surface area contributed by atoms with Crippen LogP contribution in [0.25, 0.3) is 0 Å². The Balaban J connectivity index is 2.17. The van der Waals surface area contributed by atoms with Gasteiger partial charge in [0.25, 0.3) is 0 Å². The molecule has 140 valence electrons. The van der Waals surface area contributed by atoms with E-state index in [2.05, 4.69) is 55.2 Å². The summed E-state index contributed by atoms with van der Waals surface area (Å²) in [6, 6.07) is 4.62. The van der Waals surface area contributed by atoms with Crippen LogP contribution in [-0.4, -0.2) is 29.7 Å². The second-order valence-corrected chi connectivity index (χ2v) is 9.53. The summed E-state index contributed by atoms with van der Waals surface area (Å²) in [4.78, 5) is 14.6. The number of halogens is 2. The first-order valence-corrected chi connectivity index (χ1v) is 10.4. The third kappa shape index (κ3) is 6.57. The van der Waals surface area contributed by atoms with Crippen molar-refractivity contribution >= 4 is 43.6 Å². The lowest BCUT2D eigenvalue weighted by atomic mass is 9.94. The highest BCUT2D eigenvalue weighted by Gasteiger charge is 2.22. The second kappa shape index (κ2) is 8.87. The number of benzene rings is 1. The number of anilines is 1. The van der Waals surface area contributed by atoms with Gasteiger partial charge in [0, 0.05) is 21.5 Å². The summed E-state index contributed by atoms with van der Waals surface area (Å²) in [7, 11) is 2.17. The normalized spacial score (nSPS) is 16.1. The number of nitrogens with one attached hydrogen (secondary N) is 1. The Labute approximate surface area is 167 Å². The van der Waals surface area contributed by atoms with Crippen molar-refractivity contribution in [3.63, 3.8) is 0 Å². The highest BCUT2D eigenvalue weighted by Crippen LogP contribution is 2.33. The zero-order valence-electron chi connectivity index (χ0n) is 15.5. The molecule has 1 aliphatic rings. The molecule has 1 fully saturated rings. The van der Waals surface area contributed by atoms with E-state index in [1.54, 1.807) is 0 Å². The average molecular weight is 476 g/mol. The molecule has 1 N–H and O–H groups in total. The van der Waals surface area contributed by atoms with Crippen LogP contribution in [0, 0.1) is 0 Å². The molecule has 0 bridgehead atoms. The van der Waals surface area contributed by atoms with E-state index in [1.807, 2.05) is 26.8 Å². The molecule has 0 radical (unpaired) electrons. The molecule has 0 heterocycles. The highest BCUT2D eigenvalue weighted by atomic mass is 79.9. The number of hydrogen-bond acceptors (Lipinski definition) is 3. The SMILES string of the molecule is CN(Cc1cc(Br)cc(Br)c1NC(=O)OC(C)(C)C)C1CCCCC1. The van der Waals surface area contributed by atoms with E-state index in [1.165, 1.54) is 32.1 Å². The average Bonchev–Trinajstić information content (AvgIpc) is 2.49. The summed E-state index contributed by atoms with van der Waals surface area (Å²) in [6.45, 7) is 6.37. The maximum absolute atomic E-state index is 12.2. The van der Waals surface area contributed by atoms with Crippen molar-refractivity contribution in [1.82, 2.24) is 4.90 Å². The first-order chi connectivity index (χ1) is 11.7. The summed E-state index contributed by atoms with van der Waals surface area (Å²) in [6.07, 6.45) is 6.02. The van der Waals surface area contributed by atoms with Crippen molar-refractivity contribution in [2.45, 2.75) is 71.1 Å². The largest absolute Gasteiger partial charge is 0.444 e. The van der Waals surface area contributed by atoms with E-state index in [4.69, 9.17) is 4.74 Å². The van der Waals surface area contributed by atoms with Crippen LogP contribution in [-0.2, 0) is 11.3 Å². The lowest BCUT2D eigenvalue weighted by molar-refractivity contribution is 0.0635. The number of carbonyl (C=O) groups excluding carboxylic acids is 1. The topological polar surface area (TPSA) is 41.6 Å². The van der Waals surface area contributed by atoms with Crippen molar-refractivity contribution in [2.24, 2.45) is 0 Å². The minimum Gasteiger partial charge on any atom is -0.444 e. The Hall–Kier alpha value is -0.590. The van der Waals surface area contributed by atoms with Gasteiger partial charge < -0.3 is 4.74 Å². The molecule has 1 aliphatic carbocycles. The summed E-state index contributed by atoms with van der Waals surface area (Å²) in [5, 5.41) is 2.92. The molecule has 0 unspecified atom stereocenters. The van der Waals surface area contributed by atoms with Crippen LogP contribution < -0.4 is 5.32 Å². The van der Waals surface area contributed by atoms with E-state index < -0.39 is 11.7 Å². The van der Waals surface area contributed by atoms with E-state index in [0.29, 0.717) is 6.04 Å². The fourth-order valence-electron chi connectivity index (χ4n) is 3.22. The number of hydrogen-bond donors (Lipinski definition) is 1. The third-order valence-corrected chi connectivity index (χ3v) is 5.46. The van der Waals surface area contributed by atoms with Crippen LogP contribution >= 0.6 is 31.9 Å². The fourth-order valence-corrected chi connectivity index (χ4v) is 4.63. The summed E-state index contributed by atoms with van der Waals surface area (Å²) in [5.74, 6) is 0. The van der Waals surface area contributed by atoms with E-state index in [0.717, 1.165) is 26.7 Å². The molecule has 1 amide bonds. The fraction of sp³-hybridized carbons (Fsp3) is 0.632. The molecule has 0 saturated heterocycles. The standard InChI is InChI=1S/C19H28Br2N2O2/c1-19(2,3)25-18(24)22-17-13(10-14(20)11-16(17)21)12-23(4)15-8-6-5-7-9-15/h10-11,15H,5-9,12H2,1-4H3,(H,22,24). The van der Waals surface area contributed by atoms with Crippen LogP contribution in [0.3, 0.4) is 0 Å². The van der Waals surface area contributed by atoms with Crippen LogP contribution in [0.5, 0.6) is 0 Å². The molecule has 2 rings (SSSR count). The lowest BCUT2D eigenvalue weighted by Crippen LogP contribution is -2.33. The minimum atomic E-state index is -0.523. The van der Waals surface area contributed by atoms with Crippen LogP contribution in [0.2, 0.25) is 0 Å². The monoisotopic (exact) mass is 474 g/mol. The Bertz CT molecular complexity index is 608. The van der Waals surface area contributed by atoms with Crippen molar-refractivity contribution < 1.29 is 9.53 Å². The summed E-state index contributed by atoms with van der Waals surface area (Å²) in [5.41, 5.74) is 1.32. The maximum Gasteiger partial charge on any atom is 0.412 e. The van der Waals surface area contributed by atoms with Crippen molar-refractivity contribution in [3.05, 3.63) is 26.6 Å². The predicted molar refractivity (Wildman–Crippen MR) is 110 cm³/mol. The third-order valence-electron chi connectivity index (χ3n) is 4.38. The molecule has 0 aromatic heterocycles. The molecule has 1 aromatic rings. The maximum atomic E-state index is 12.2. The summed E-state index contributed by atoms with van der Waals surface area (Å²) < 4.78 is 7.24. The predicted octanol–water partition coefficient (Wildman–Crippen LogP) is 6.32.